The van der Waals surface area contributed by atoms with Gasteiger partial charge in [0.1, 0.15) is 0 Å². The van der Waals surface area contributed by atoms with Crippen molar-refractivity contribution in [2.75, 3.05) is 0 Å². The van der Waals surface area contributed by atoms with E-state index in [1.807, 2.05) is 12.3 Å². The van der Waals surface area contributed by atoms with E-state index in [1.54, 1.807) is 6.20 Å². The molecule has 0 spiro atoms. The van der Waals surface area contributed by atoms with Crippen molar-refractivity contribution in [3.8, 4) is 0 Å². The molecule has 3 nitrogen and oxygen atoms in total. The highest BCUT2D eigenvalue weighted by molar-refractivity contribution is 9.10. The third kappa shape index (κ3) is 3.03. The van der Waals surface area contributed by atoms with Crippen molar-refractivity contribution in [2.24, 2.45) is 5.84 Å². The Morgan fingerprint density at radius 1 is 1.05 bits per heavy atom. The van der Waals surface area contributed by atoms with Gasteiger partial charge in [0, 0.05) is 16.9 Å². The second kappa shape index (κ2) is 5.82. The smallest absolute Gasteiger partial charge is 0.0728 e. The minimum absolute atomic E-state index is 0.0516. The number of pyridine rings is 1. The lowest BCUT2D eigenvalue weighted by molar-refractivity contribution is 0.630. The molecule has 0 aliphatic heterocycles. The molecule has 0 bridgehead atoms. The number of hydrogen-bond acceptors (Lipinski definition) is 3. The SMILES string of the molecule is Cc1cc(C)c(C(NN)c2cncc(Br)c2)cc1C. The van der Waals surface area contributed by atoms with Crippen LogP contribution < -0.4 is 11.3 Å². The van der Waals surface area contributed by atoms with E-state index in [4.69, 9.17) is 5.84 Å². The monoisotopic (exact) mass is 319 g/mol. The quantitative estimate of drug-likeness (QED) is 0.674. The Bertz CT molecular complexity index is 596. The van der Waals surface area contributed by atoms with E-state index in [-0.39, 0.29) is 6.04 Å². The number of benzene rings is 1. The Hall–Kier alpha value is -1.23. The van der Waals surface area contributed by atoms with Crippen LogP contribution in [0.25, 0.3) is 0 Å². The van der Waals surface area contributed by atoms with Crippen LogP contribution in [0.15, 0.2) is 35.1 Å². The van der Waals surface area contributed by atoms with Crippen molar-refractivity contribution in [3.05, 3.63) is 62.9 Å². The third-order valence-electron chi connectivity index (χ3n) is 3.42. The summed E-state index contributed by atoms with van der Waals surface area (Å²) < 4.78 is 0.951. The minimum Gasteiger partial charge on any atom is -0.271 e. The largest absolute Gasteiger partial charge is 0.271 e. The molecule has 100 valence electrons. The number of nitrogens with one attached hydrogen (secondary N) is 1. The molecule has 0 aliphatic rings. The van der Waals surface area contributed by atoms with Crippen LogP contribution in [0, 0.1) is 20.8 Å². The van der Waals surface area contributed by atoms with Gasteiger partial charge < -0.3 is 0 Å². The average molecular weight is 320 g/mol. The Balaban J connectivity index is 2.51. The molecule has 2 rings (SSSR count). The summed E-state index contributed by atoms with van der Waals surface area (Å²) in [6.45, 7) is 6.35. The van der Waals surface area contributed by atoms with Crippen LogP contribution in [0.2, 0.25) is 0 Å². The molecule has 19 heavy (non-hydrogen) atoms. The number of halogens is 1. The van der Waals surface area contributed by atoms with Crippen molar-refractivity contribution in [1.29, 1.82) is 0 Å². The molecule has 0 amide bonds. The number of rotatable bonds is 3. The normalized spacial score (nSPS) is 12.5. The van der Waals surface area contributed by atoms with Crippen LogP contribution >= 0.6 is 15.9 Å². The maximum Gasteiger partial charge on any atom is 0.0728 e. The lowest BCUT2D eigenvalue weighted by Crippen LogP contribution is -2.29. The lowest BCUT2D eigenvalue weighted by Gasteiger charge is -2.20. The standard InChI is InChI=1S/C15H18BrN3/c1-9-4-11(3)14(5-10(9)2)15(19-17)12-6-13(16)8-18-7-12/h4-8,15,19H,17H2,1-3H3. The lowest BCUT2D eigenvalue weighted by atomic mass is 9.93. The first-order valence-electron chi connectivity index (χ1n) is 6.17. The van der Waals surface area contributed by atoms with Gasteiger partial charge in [-0.3, -0.25) is 10.8 Å². The van der Waals surface area contributed by atoms with E-state index in [0.717, 1.165) is 10.0 Å². The van der Waals surface area contributed by atoms with Gasteiger partial charge in [0.05, 0.1) is 6.04 Å². The third-order valence-corrected chi connectivity index (χ3v) is 3.85. The minimum atomic E-state index is -0.0516. The molecular weight excluding hydrogens is 302 g/mol. The maximum atomic E-state index is 5.75. The Kier molecular flexibility index (Phi) is 4.34. The van der Waals surface area contributed by atoms with E-state index in [1.165, 1.54) is 22.3 Å². The Morgan fingerprint density at radius 2 is 1.74 bits per heavy atom. The summed E-state index contributed by atoms with van der Waals surface area (Å²) in [5, 5.41) is 0. The number of aromatic nitrogens is 1. The summed E-state index contributed by atoms with van der Waals surface area (Å²) in [4.78, 5) is 4.21. The summed E-state index contributed by atoms with van der Waals surface area (Å²) in [7, 11) is 0. The topological polar surface area (TPSA) is 50.9 Å². The van der Waals surface area contributed by atoms with Crippen molar-refractivity contribution in [2.45, 2.75) is 26.8 Å². The van der Waals surface area contributed by atoms with E-state index in [0.29, 0.717) is 0 Å². The molecule has 1 heterocycles. The van der Waals surface area contributed by atoms with E-state index < -0.39 is 0 Å². The van der Waals surface area contributed by atoms with Crippen molar-refractivity contribution >= 4 is 15.9 Å². The number of hydrogen-bond donors (Lipinski definition) is 2. The van der Waals surface area contributed by atoms with Crippen LogP contribution in [-0.2, 0) is 0 Å². The Labute approximate surface area is 122 Å². The molecule has 0 aliphatic carbocycles. The van der Waals surface area contributed by atoms with Crippen LogP contribution in [0.3, 0.4) is 0 Å². The first-order chi connectivity index (χ1) is 9.02. The molecule has 1 atom stereocenters. The van der Waals surface area contributed by atoms with Crippen LogP contribution in [0.4, 0.5) is 0 Å². The average Bonchev–Trinajstić information content (AvgIpc) is 2.36. The van der Waals surface area contributed by atoms with Crippen molar-refractivity contribution in [3.63, 3.8) is 0 Å². The van der Waals surface area contributed by atoms with E-state index in [2.05, 4.69) is 59.2 Å². The molecule has 0 saturated carbocycles. The highest BCUT2D eigenvalue weighted by Crippen LogP contribution is 2.27. The fourth-order valence-corrected chi connectivity index (χ4v) is 2.63. The molecule has 4 heteroatoms. The molecule has 3 N–H and O–H groups in total. The first-order valence-corrected chi connectivity index (χ1v) is 6.96. The van der Waals surface area contributed by atoms with Crippen LogP contribution in [0.5, 0.6) is 0 Å². The van der Waals surface area contributed by atoms with Gasteiger partial charge in [-0.1, -0.05) is 12.1 Å². The molecule has 0 saturated heterocycles. The highest BCUT2D eigenvalue weighted by atomic mass is 79.9. The van der Waals surface area contributed by atoms with Crippen molar-refractivity contribution < 1.29 is 0 Å². The molecule has 2 aromatic rings. The number of nitrogens with two attached hydrogens (primary N) is 1. The molecule has 1 aromatic heterocycles. The van der Waals surface area contributed by atoms with Gasteiger partial charge in [0.25, 0.3) is 0 Å². The first kappa shape index (κ1) is 14.2. The van der Waals surface area contributed by atoms with E-state index in [9.17, 15) is 0 Å². The summed E-state index contributed by atoms with van der Waals surface area (Å²) >= 11 is 3.45. The molecule has 0 radical (unpaired) electrons. The van der Waals surface area contributed by atoms with Gasteiger partial charge in [0.15, 0.2) is 0 Å². The molecular formula is C15H18BrN3. The molecule has 0 fully saturated rings. The van der Waals surface area contributed by atoms with Gasteiger partial charge in [-0.2, -0.15) is 0 Å². The van der Waals surface area contributed by atoms with Gasteiger partial charge in [0.2, 0.25) is 0 Å². The molecule has 1 unspecified atom stereocenters. The Morgan fingerprint density at radius 3 is 2.37 bits per heavy atom. The number of aryl methyl sites for hydroxylation is 3. The van der Waals surface area contributed by atoms with Gasteiger partial charge in [-0.15, -0.1) is 0 Å². The van der Waals surface area contributed by atoms with E-state index >= 15 is 0 Å². The summed E-state index contributed by atoms with van der Waals surface area (Å²) in [5.74, 6) is 5.75. The number of hydrazine groups is 1. The zero-order valence-electron chi connectivity index (χ0n) is 11.4. The fraction of sp³-hybridized carbons (Fsp3) is 0.267. The van der Waals surface area contributed by atoms with Gasteiger partial charge in [-0.25, -0.2) is 5.43 Å². The maximum absolute atomic E-state index is 5.75. The fourth-order valence-electron chi connectivity index (χ4n) is 2.25. The zero-order chi connectivity index (χ0) is 14.0. The zero-order valence-corrected chi connectivity index (χ0v) is 13.0. The second-order valence-electron chi connectivity index (χ2n) is 4.83. The van der Waals surface area contributed by atoms with Crippen molar-refractivity contribution in [1.82, 2.24) is 10.4 Å². The number of nitrogens with zero attached hydrogens (tertiary/aromatic N) is 1. The van der Waals surface area contributed by atoms with Gasteiger partial charge >= 0.3 is 0 Å². The summed E-state index contributed by atoms with van der Waals surface area (Å²) in [6.07, 6.45) is 3.61. The molecule has 1 aromatic carbocycles. The van der Waals surface area contributed by atoms with Crippen LogP contribution in [0.1, 0.15) is 33.9 Å². The predicted octanol–water partition coefficient (Wildman–Crippen LogP) is 3.32. The summed E-state index contributed by atoms with van der Waals surface area (Å²) in [6, 6.07) is 6.37. The highest BCUT2D eigenvalue weighted by Gasteiger charge is 2.16. The summed E-state index contributed by atoms with van der Waals surface area (Å²) in [5.41, 5.74) is 8.91. The van der Waals surface area contributed by atoms with Crippen LogP contribution in [-0.4, -0.2) is 4.98 Å². The second-order valence-corrected chi connectivity index (χ2v) is 5.74. The van der Waals surface area contributed by atoms with Gasteiger partial charge in [-0.05, 0) is 70.6 Å². The predicted molar refractivity (Wildman–Crippen MR) is 81.8 cm³/mol.